The molecule has 2 rings (SSSR count). The van der Waals surface area contributed by atoms with Crippen LogP contribution in [0.3, 0.4) is 0 Å². The van der Waals surface area contributed by atoms with E-state index in [0.717, 1.165) is 5.56 Å². The van der Waals surface area contributed by atoms with Crippen LogP contribution >= 0.6 is 0 Å². The van der Waals surface area contributed by atoms with Crippen molar-refractivity contribution in [2.75, 3.05) is 11.9 Å². The van der Waals surface area contributed by atoms with Crippen molar-refractivity contribution in [2.24, 2.45) is 5.10 Å². The quantitative estimate of drug-likeness (QED) is 0.624. The summed E-state index contributed by atoms with van der Waals surface area (Å²) in [5.41, 5.74) is 4.23. The summed E-state index contributed by atoms with van der Waals surface area (Å²) in [6.45, 7) is 1.40. The van der Waals surface area contributed by atoms with Crippen molar-refractivity contribution in [2.45, 2.75) is 6.92 Å². The maximum absolute atomic E-state index is 12.0. The van der Waals surface area contributed by atoms with Crippen LogP contribution in [0.5, 0.6) is 5.75 Å². The minimum atomic E-state index is -0.361. The first-order valence-electron chi connectivity index (χ1n) is 7.39. The second-order valence-electron chi connectivity index (χ2n) is 4.97. The summed E-state index contributed by atoms with van der Waals surface area (Å²) in [5.74, 6) is 0.0486. The predicted octanol–water partition coefficient (Wildman–Crippen LogP) is 2.31. The number of ether oxygens (including phenoxy) is 1. The fourth-order valence-corrected chi connectivity index (χ4v) is 1.90. The molecule has 0 atom stereocenters. The minimum Gasteiger partial charge on any atom is -0.479 e. The number of hydrogen-bond donors (Lipinski definition) is 2. The molecule has 2 aromatic carbocycles. The molecule has 0 aliphatic heterocycles. The lowest BCUT2D eigenvalue weighted by molar-refractivity contribution is -0.114. The molecule has 0 radical (unpaired) electrons. The van der Waals surface area contributed by atoms with Crippen molar-refractivity contribution in [1.82, 2.24) is 5.43 Å². The van der Waals surface area contributed by atoms with E-state index < -0.39 is 0 Å². The number of amides is 2. The van der Waals surface area contributed by atoms with Crippen molar-refractivity contribution in [3.63, 3.8) is 0 Å². The standard InChI is InChI=1S/C18H16N4O3/c1-13(23)21-16-6-4-15(5-7-16)18(24)22-20-12-14-2-8-17(9-3-14)25-11-10-19/h2-9,12H,11H2,1H3,(H,21,23)(H,22,24). The molecule has 7 nitrogen and oxygen atoms in total. The summed E-state index contributed by atoms with van der Waals surface area (Å²) in [5, 5.41) is 15.0. The van der Waals surface area contributed by atoms with Crippen LogP contribution < -0.4 is 15.5 Å². The van der Waals surface area contributed by atoms with Gasteiger partial charge in [-0.05, 0) is 54.1 Å². The summed E-state index contributed by atoms with van der Waals surface area (Å²) in [6.07, 6.45) is 1.50. The van der Waals surface area contributed by atoms with E-state index in [4.69, 9.17) is 10.00 Å². The molecular formula is C18H16N4O3. The van der Waals surface area contributed by atoms with Gasteiger partial charge >= 0.3 is 0 Å². The highest BCUT2D eigenvalue weighted by molar-refractivity contribution is 5.96. The van der Waals surface area contributed by atoms with Gasteiger partial charge in [0.1, 0.15) is 11.8 Å². The molecule has 25 heavy (non-hydrogen) atoms. The zero-order valence-electron chi connectivity index (χ0n) is 13.5. The zero-order chi connectivity index (χ0) is 18.1. The van der Waals surface area contributed by atoms with Gasteiger partial charge in [-0.15, -0.1) is 0 Å². The van der Waals surface area contributed by atoms with Gasteiger partial charge in [-0.25, -0.2) is 5.43 Å². The average Bonchev–Trinajstić information content (AvgIpc) is 2.61. The van der Waals surface area contributed by atoms with Crippen LogP contribution in [0.25, 0.3) is 0 Å². The number of carbonyl (C=O) groups is 2. The van der Waals surface area contributed by atoms with Gasteiger partial charge in [0.15, 0.2) is 6.61 Å². The number of carbonyl (C=O) groups excluding carboxylic acids is 2. The number of nitriles is 1. The second-order valence-corrected chi connectivity index (χ2v) is 4.97. The molecule has 0 saturated heterocycles. The molecule has 0 unspecified atom stereocenters. The number of rotatable bonds is 6. The molecular weight excluding hydrogens is 320 g/mol. The van der Waals surface area contributed by atoms with Gasteiger partial charge in [-0.2, -0.15) is 10.4 Å². The molecule has 0 aliphatic rings. The number of hydrogen-bond acceptors (Lipinski definition) is 5. The Balaban J connectivity index is 1.89. The molecule has 0 fully saturated rings. The number of nitrogens with zero attached hydrogens (tertiary/aromatic N) is 2. The zero-order valence-corrected chi connectivity index (χ0v) is 13.5. The molecule has 0 heterocycles. The van der Waals surface area contributed by atoms with Gasteiger partial charge < -0.3 is 10.1 Å². The summed E-state index contributed by atoms with van der Waals surface area (Å²) in [6, 6.07) is 15.3. The van der Waals surface area contributed by atoms with E-state index in [-0.39, 0.29) is 18.4 Å². The largest absolute Gasteiger partial charge is 0.479 e. The van der Waals surface area contributed by atoms with Crippen molar-refractivity contribution in [3.05, 3.63) is 59.7 Å². The van der Waals surface area contributed by atoms with Crippen molar-refractivity contribution < 1.29 is 14.3 Å². The van der Waals surface area contributed by atoms with Crippen LogP contribution in [0, 0.1) is 11.3 Å². The summed E-state index contributed by atoms with van der Waals surface area (Å²) in [4.78, 5) is 22.9. The second kappa shape index (κ2) is 8.84. The van der Waals surface area contributed by atoms with Gasteiger partial charge in [0, 0.05) is 18.2 Å². The Kier molecular flexibility index (Phi) is 6.25. The average molecular weight is 336 g/mol. The first kappa shape index (κ1) is 17.7. The molecule has 0 bridgehead atoms. The molecule has 0 spiro atoms. The molecule has 2 aromatic rings. The monoisotopic (exact) mass is 336 g/mol. The lowest BCUT2D eigenvalue weighted by Crippen LogP contribution is -2.17. The van der Waals surface area contributed by atoms with Crippen LogP contribution in [-0.4, -0.2) is 24.6 Å². The minimum absolute atomic E-state index is 0.00970. The van der Waals surface area contributed by atoms with Crippen LogP contribution in [0.2, 0.25) is 0 Å². The van der Waals surface area contributed by atoms with Gasteiger partial charge in [-0.3, -0.25) is 9.59 Å². The summed E-state index contributed by atoms with van der Waals surface area (Å²) in [7, 11) is 0. The van der Waals surface area contributed by atoms with Crippen LogP contribution in [0.4, 0.5) is 5.69 Å². The fourth-order valence-electron chi connectivity index (χ4n) is 1.90. The highest BCUT2D eigenvalue weighted by Crippen LogP contribution is 2.11. The highest BCUT2D eigenvalue weighted by atomic mass is 16.5. The van der Waals surface area contributed by atoms with E-state index in [2.05, 4.69) is 15.8 Å². The van der Waals surface area contributed by atoms with Crippen LogP contribution in [0.15, 0.2) is 53.6 Å². The van der Waals surface area contributed by atoms with Gasteiger partial charge in [0.05, 0.1) is 6.21 Å². The van der Waals surface area contributed by atoms with Crippen LogP contribution in [0.1, 0.15) is 22.8 Å². The van der Waals surface area contributed by atoms with E-state index in [0.29, 0.717) is 17.0 Å². The highest BCUT2D eigenvalue weighted by Gasteiger charge is 2.04. The smallest absolute Gasteiger partial charge is 0.271 e. The maximum Gasteiger partial charge on any atom is 0.271 e. The third-order valence-electron chi connectivity index (χ3n) is 3.03. The van der Waals surface area contributed by atoms with Crippen LogP contribution in [-0.2, 0) is 4.79 Å². The molecule has 0 saturated carbocycles. The molecule has 0 aliphatic carbocycles. The summed E-state index contributed by atoms with van der Waals surface area (Å²) < 4.78 is 5.14. The Morgan fingerprint density at radius 3 is 2.44 bits per heavy atom. The first-order chi connectivity index (χ1) is 12.1. The molecule has 2 amide bonds. The van der Waals surface area contributed by atoms with Gasteiger partial charge in [-0.1, -0.05) is 0 Å². The molecule has 126 valence electrons. The number of anilines is 1. The van der Waals surface area contributed by atoms with Gasteiger partial charge in [0.2, 0.25) is 5.91 Å². The Labute approximate surface area is 144 Å². The predicted molar refractivity (Wildman–Crippen MR) is 93.4 cm³/mol. The number of nitrogens with one attached hydrogen (secondary N) is 2. The first-order valence-corrected chi connectivity index (χ1v) is 7.39. The lowest BCUT2D eigenvalue weighted by atomic mass is 10.2. The topological polar surface area (TPSA) is 104 Å². The molecule has 2 N–H and O–H groups in total. The SMILES string of the molecule is CC(=O)Nc1ccc(C(=O)NN=Cc2ccc(OCC#N)cc2)cc1. The molecule has 7 heteroatoms. The maximum atomic E-state index is 12.0. The molecule has 0 aromatic heterocycles. The Morgan fingerprint density at radius 1 is 1.16 bits per heavy atom. The van der Waals surface area contributed by atoms with E-state index in [9.17, 15) is 9.59 Å². The Morgan fingerprint density at radius 2 is 1.84 bits per heavy atom. The third kappa shape index (κ3) is 5.80. The Bertz CT molecular complexity index is 806. The Hall–Kier alpha value is -3.66. The van der Waals surface area contributed by atoms with E-state index >= 15 is 0 Å². The number of benzene rings is 2. The fraction of sp³-hybridized carbons (Fsp3) is 0.111. The summed E-state index contributed by atoms with van der Waals surface area (Å²) >= 11 is 0. The van der Waals surface area contributed by atoms with E-state index in [1.807, 2.05) is 6.07 Å². The van der Waals surface area contributed by atoms with Crippen molar-refractivity contribution >= 4 is 23.7 Å². The van der Waals surface area contributed by atoms with E-state index in [1.165, 1.54) is 13.1 Å². The third-order valence-corrected chi connectivity index (χ3v) is 3.03. The van der Waals surface area contributed by atoms with Crippen molar-refractivity contribution in [1.29, 1.82) is 5.26 Å². The van der Waals surface area contributed by atoms with Gasteiger partial charge in [0.25, 0.3) is 5.91 Å². The normalized spacial score (nSPS) is 10.1. The lowest BCUT2D eigenvalue weighted by Gasteiger charge is -2.04. The van der Waals surface area contributed by atoms with Crippen molar-refractivity contribution in [3.8, 4) is 11.8 Å². The van der Waals surface area contributed by atoms with E-state index in [1.54, 1.807) is 48.5 Å². The number of hydrazone groups is 1.